The van der Waals surface area contributed by atoms with Crippen molar-refractivity contribution >= 4 is 33.4 Å². The van der Waals surface area contributed by atoms with Crippen LogP contribution in [0.5, 0.6) is 0 Å². The van der Waals surface area contributed by atoms with Crippen LogP contribution < -0.4 is 11.1 Å². The number of benzene rings is 1. The van der Waals surface area contributed by atoms with Crippen molar-refractivity contribution in [1.82, 2.24) is 5.32 Å². The van der Waals surface area contributed by atoms with E-state index in [0.717, 1.165) is 10.0 Å². The molecule has 76 valence electrons. The molecular weight excluding hydrogens is 267 g/mol. The number of nitrogens with one attached hydrogen (secondary N) is 1. The summed E-state index contributed by atoms with van der Waals surface area (Å²) in [5, 5.41) is 3.58. The van der Waals surface area contributed by atoms with Crippen LogP contribution in [0, 0.1) is 0 Å². The molecule has 0 bridgehead atoms. The standard InChI is InChI=1S/C9H10BrClN2O/c10-8-2-1-7(11)3-6(8)4-13-5-9(12)14/h1-3,13H,4-5H2,(H2,12,14). The van der Waals surface area contributed by atoms with Crippen molar-refractivity contribution in [1.29, 1.82) is 0 Å². The van der Waals surface area contributed by atoms with E-state index in [4.69, 9.17) is 17.3 Å². The van der Waals surface area contributed by atoms with Crippen molar-refractivity contribution in [2.75, 3.05) is 6.54 Å². The Kier molecular flexibility index (Phi) is 4.38. The first-order valence-corrected chi connectivity index (χ1v) is 5.19. The van der Waals surface area contributed by atoms with Crippen LogP contribution in [-0.2, 0) is 11.3 Å². The molecule has 0 spiro atoms. The highest BCUT2D eigenvalue weighted by Crippen LogP contribution is 2.20. The fraction of sp³-hybridized carbons (Fsp3) is 0.222. The SMILES string of the molecule is NC(=O)CNCc1cc(Cl)ccc1Br. The van der Waals surface area contributed by atoms with Crippen molar-refractivity contribution in [3.05, 3.63) is 33.3 Å². The van der Waals surface area contributed by atoms with Gasteiger partial charge < -0.3 is 11.1 Å². The molecule has 0 unspecified atom stereocenters. The van der Waals surface area contributed by atoms with Gasteiger partial charge in [0.15, 0.2) is 0 Å². The molecule has 0 saturated heterocycles. The van der Waals surface area contributed by atoms with Crippen molar-refractivity contribution in [2.45, 2.75) is 6.54 Å². The largest absolute Gasteiger partial charge is 0.369 e. The van der Waals surface area contributed by atoms with E-state index in [1.165, 1.54) is 0 Å². The second kappa shape index (κ2) is 5.34. The molecule has 5 heteroatoms. The van der Waals surface area contributed by atoms with Crippen LogP contribution in [-0.4, -0.2) is 12.5 Å². The average molecular weight is 278 g/mol. The molecule has 1 aromatic carbocycles. The molecule has 0 fully saturated rings. The predicted molar refractivity (Wildman–Crippen MR) is 60.1 cm³/mol. The van der Waals surface area contributed by atoms with E-state index in [9.17, 15) is 4.79 Å². The fourth-order valence-corrected chi connectivity index (χ4v) is 1.58. The third kappa shape index (κ3) is 3.65. The fourth-order valence-electron chi connectivity index (χ4n) is 0.999. The molecule has 1 rings (SSSR count). The first kappa shape index (κ1) is 11.5. The zero-order valence-corrected chi connectivity index (χ0v) is 9.73. The zero-order chi connectivity index (χ0) is 10.6. The second-order valence-corrected chi connectivity index (χ2v) is 4.10. The van der Waals surface area contributed by atoms with Gasteiger partial charge in [0.1, 0.15) is 0 Å². The van der Waals surface area contributed by atoms with Crippen LogP contribution >= 0.6 is 27.5 Å². The van der Waals surface area contributed by atoms with E-state index in [1.54, 1.807) is 6.07 Å². The summed E-state index contributed by atoms with van der Waals surface area (Å²) in [6.45, 7) is 0.725. The number of rotatable bonds is 4. The maximum Gasteiger partial charge on any atom is 0.231 e. The topological polar surface area (TPSA) is 55.1 Å². The highest BCUT2D eigenvalue weighted by atomic mass is 79.9. The second-order valence-electron chi connectivity index (χ2n) is 2.81. The van der Waals surface area contributed by atoms with Crippen LogP contribution in [0.4, 0.5) is 0 Å². The molecule has 0 aliphatic carbocycles. The molecule has 3 nitrogen and oxygen atoms in total. The van der Waals surface area contributed by atoms with Crippen LogP contribution in [0.15, 0.2) is 22.7 Å². The Balaban J connectivity index is 2.57. The van der Waals surface area contributed by atoms with E-state index >= 15 is 0 Å². The Morgan fingerprint density at radius 3 is 2.93 bits per heavy atom. The van der Waals surface area contributed by atoms with Crippen molar-refractivity contribution < 1.29 is 4.79 Å². The highest BCUT2D eigenvalue weighted by Gasteiger charge is 2.01. The summed E-state index contributed by atoms with van der Waals surface area (Å²) in [6.07, 6.45) is 0. The molecule has 0 heterocycles. The van der Waals surface area contributed by atoms with Crippen LogP contribution in [0.3, 0.4) is 0 Å². The summed E-state index contributed by atoms with van der Waals surface area (Å²) < 4.78 is 0.957. The number of nitrogens with two attached hydrogens (primary N) is 1. The van der Waals surface area contributed by atoms with E-state index in [0.29, 0.717) is 11.6 Å². The third-order valence-corrected chi connectivity index (χ3v) is 2.63. The van der Waals surface area contributed by atoms with Gasteiger partial charge in [0.25, 0.3) is 0 Å². The smallest absolute Gasteiger partial charge is 0.231 e. The van der Waals surface area contributed by atoms with Crippen molar-refractivity contribution in [3.8, 4) is 0 Å². The summed E-state index contributed by atoms with van der Waals surface area (Å²) in [6, 6.07) is 5.49. The van der Waals surface area contributed by atoms with Gasteiger partial charge in [-0.05, 0) is 23.8 Å². The lowest BCUT2D eigenvalue weighted by atomic mass is 10.2. The minimum absolute atomic E-state index is 0.166. The highest BCUT2D eigenvalue weighted by molar-refractivity contribution is 9.10. The molecule has 0 saturated carbocycles. The monoisotopic (exact) mass is 276 g/mol. The molecule has 0 aliphatic heterocycles. The van der Waals surface area contributed by atoms with Crippen LogP contribution in [0.25, 0.3) is 0 Å². The maximum absolute atomic E-state index is 10.5. The first-order chi connectivity index (χ1) is 6.59. The lowest BCUT2D eigenvalue weighted by molar-refractivity contribution is -0.117. The third-order valence-electron chi connectivity index (χ3n) is 1.62. The predicted octanol–water partition coefficient (Wildman–Crippen LogP) is 1.68. The Morgan fingerprint density at radius 1 is 1.57 bits per heavy atom. The summed E-state index contributed by atoms with van der Waals surface area (Å²) >= 11 is 9.20. The van der Waals surface area contributed by atoms with Gasteiger partial charge in [-0.15, -0.1) is 0 Å². The molecular formula is C9H10BrClN2O. The molecule has 0 atom stereocenters. The zero-order valence-electron chi connectivity index (χ0n) is 7.39. The van der Waals surface area contributed by atoms with E-state index in [2.05, 4.69) is 21.2 Å². The van der Waals surface area contributed by atoms with Gasteiger partial charge in [-0.2, -0.15) is 0 Å². The molecule has 1 amide bonds. The first-order valence-electron chi connectivity index (χ1n) is 4.02. The Bertz CT molecular complexity index is 344. The summed E-state index contributed by atoms with van der Waals surface area (Å²) in [5.74, 6) is -0.372. The Hall–Kier alpha value is -0.580. The van der Waals surface area contributed by atoms with E-state index in [-0.39, 0.29) is 12.5 Å². The molecule has 14 heavy (non-hydrogen) atoms. The number of hydrogen-bond donors (Lipinski definition) is 2. The lowest BCUT2D eigenvalue weighted by Gasteiger charge is -2.05. The van der Waals surface area contributed by atoms with Crippen LogP contribution in [0.2, 0.25) is 5.02 Å². The molecule has 0 aliphatic rings. The Morgan fingerprint density at radius 2 is 2.29 bits per heavy atom. The number of amides is 1. The minimum atomic E-state index is -0.372. The van der Waals surface area contributed by atoms with E-state index in [1.807, 2.05) is 12.1 Å². The van der Waals surface area contributed by atoms with Gasteiger partial charge in [0.05, 0.1) is 6.54 Å². The van der Waals surface area contributed by atoms with Crippen molar-refractivity contribution in [2.24, 2.45) is 5.73 Å². The number of hydrogen-bond acceptors (Lipinski definition) is 2. The van der Waals surface area contributed by atoms with Gasteiger partial charge in [-0.25, -0.2) is 0 Å². The molecule has 0 radical (unpaired) electrons. The van der Waals surface area contributed by atoms with Gasteiger partial charge in [-0.1, -0.05) is 27.5 Å². The van der Waals surface area contributed by atoms with Gasteiger partial charge in [-0.3, -0.25) is 4.79 Å². The van der Waals surface area contributed by atoms with Gasteiger partial charge >= 0.3 is 0 Å². The number of halogens is 2. The van der Waals surface area contributed by atoms with E-state index < -0.39 is 0 Å². The Labute approximate surface area is 95.7 Å². The normalized spacial score (nSPS) is 10.1. The molecule has 1 aromatic rings. The average Bonchev–Trinajstić information content (AvgIpc) is 2.10. The van der Waals surface area contributed by atoms with Gasteiger partial charge in [0.2, 0.25) is 5.91 Å². The molecule has 3 N–H and O–H groups in total. The number of primary amides is 1. The quantitative estimate of drug-likeness (QED) is 0.880. The molecule has 0 aromatic heterocycles. The number of carbonyl (C=O) groups is 1. The maximum atomic E-state index is 10.5. The van der Waals surface area contributed by atoms with Gasteiger partial charge in [0, 0.05) is 16.0 Å². The number of carbonyl (C=O) groups excluding carboxylic acids is 1. The lowest BCUT2D eigenvalue weighted by Crippen LogP contribution is -2.28. The van der Waals surface area contributed by atoms with Crippen molar-refractivity contribution in [3.63, 3.8) is 0 Å². The summed E-state index contributed by atoms with van der Waals surface area (Å²) in [7, 11) is 0. The summed E-state index contributed by atoms with van der Waals surface area (Å²) in [4.78, 5) is 10.5. The van der Waals surface area contributed by atoms with Crippen LogP contribution in [0.1, 0.15) is 5.56 Å². The minimum Gasteiger partial charge on any atom is -0.369 e. The summed E-state index contributed by atoms with van der Waals surface area (Å²) in [5.41, 5.74) is 5.98.